The van der Waals surface area contributed by atoms with Crippen LogP contribution in [0.2, 0.25) is 0 Å². The lowest BCUT2D eigenvalue weighted by atomic mass is 10.1. The lowest BCUT2D eigenvalue weighted by Crippen LogP contribution is -2.59. The maximum Gasteiger partial charge on any atom is 0.147 e. The van der Waals surface area contributed by atoms with E-state index in [9.17, 15) is 5.11 Å². The van der Waals surface area contributed by atoms with Crippen LogP contribution < -0.4 is 4.90 Å². The standard InChI is InChI=1S/C25H34N6O/c1-18-17-30(11-12-31(18)23-15-27-22(14-28-23)25(3,4)32)24-16-26-21(19(2)29(24)5)13-20-9-7-6-8-10-20/h6-10,14-16,18,24,32H,11-13,17H2,1-5H3/t18-,24?/m1/s1. The van der Waals surface area contributed by atoms with E-state index in [0.29, 0.717) is 11.7 Å². The SMILES string of the molecule is CC1=C(Cc2ccccc2)N=CC(N2CCN(c3cnc(C(C)(C)O)cn3)[C@H](C)C2)N1C. The van der Waals surface area contributed by atoms with E-state index in [0.717, 1.165) is 37.6 Å². The normalized spacial score (nSPS) is 22.6. The molecular weight excluding hydrogens is 400 g/mol. The first-order chi connectivity index (χ1) is 15.2. The third kappa shape index (κ3) is 4.69. The van der Waals surface area contributed by atoms with Gasteiger partial charge in [-0.05, 0) is 33.3 Å². The van der Waals surface area contributed by atoms with Crippen LogP contribution in [-0.4, -0.2) is 70.0 Å². The van der Waals surface area contributed by atoms with Gasteiger partial charge in [0.05, 0.1) is 23.8 Å². The van der Waals surface area contributed by atoms with Gasteiger partial charge in [0, 0.05) is 51.1 Å². The summed E-state index contributed by atoms with van der Waals surface area (Å²) in [5, 5.41) is 10.1. The van der Waals surface area contributed by atoms with Crippen molar-refractivity contribution in [3.05, 3.63) is 65.4 Å². The van der Waals surface area contributed by atoms with E-state index in [2.05, 4.69) is 76.0 Å². The Bertz CT molecular complexity index is 980. The molecule has 0 saturated carbocycles. The van der Waals surface area contributed by atoms with Gasteiger partial charge in [0.1, 0.15) is 17.6 Å². The number of hydrogen-bond acceptors (Lipinski definition) is 7. The molecule has 0 bridgehead atoms. The summed E-state index contributed by atoms with van der Waals surface area (Å²) in [6, 6.07) is 10.8. The van der Waals surface area contributed by atoms with Gasteiger partial charge < -0.3 is 14.9 Å². The fourth-order valence-corrected chi connectivity index (χ4v) is 4.41. The van der Waals surface area contributed by atoms with Crippen LogP contribution >= 0.6 is 0 Å². The molecule has 2 aliphatic rings. The Kier molecular flexibility index (Phi) is 6.31. The van der Waals surface area contributed by atoms with Crippen LogP contribution in [0.5, 0.6) is 0 Å². The molecule has 7 heteroatoms. The van der Waals surface area contributed by atoms with Crippen LogP contribution in [0.25, 0.3) is 0 Å². The fraction of sp³-hybridized carbons (Fsp3) is 0.480. The van der Waals surface area contributed by atoms with E-state index in [1.807, 2.05) is 6.07 Å². The first-order valence-electron chi connectivity index (χ1n) is 11.3. The summed E-state index contributed by atoms with van der Waals surface area (Å²) in [5.41, 5.74) is 3.24. The van der Waals surface area contributed by atoms with Crippen LogP contribution in [0.15, 0.2) is 59.1 Å². The second kappa shape index (κ2) is 9.00. The van der Waals surface area contributed by atoms with E-state index >= 15 is 0 Å². The monoisotopic (exact) mass is 434 g/mol. The quantitative estimate of drug-likeness (QED) is 0.780. The lowest BCUT2D eigenvalue weighted by molar-refractivity contribution is 0.0734. The van der Waals surface area contributed by atoms with E-state index in [-0.39, 0.29) is 6.17 Å². The molecule has 2 atom stereocenters. The molecule has 0 aliphatic carbocycles. The minimum Gasteiger partial charge on any atom is -0.384 e. The van der Waals surface area contributed by atoms with Crippen LogP contribution in [0.1, 0.15) is 39.0 Å². The van der Waals surface area contributed by atoms with Crippen LogP contribution in [0, 0.1) is 0 Å². The molecule has 32 heavy (non-hydrogen) atoms. The van der Waals surface area contributed by atoms with Crippen molar-refractivity contribution in [1.82, 2.24) is 19.8 Å². The summed E-state index contributed by atoms with van der Waals surface area (Å²) in [7, 11) is 2.16. The number of piperazine rings is 1. The molecule has 2 aromatic rings. The Labute approximate surface area is 191 Å². The molecule has 1 N–H and O–H groups in total. The predicted octanol–water partition coefficient (Wildman–Crippen LogP) is 3.03. The second-order valence-corrected chi connectivity index (χ2v) is 9.35. The molecule has 0 radical (unpaired) electrons. The third-order valence-corrected chi connectivity index (χ3v) is 6.51. The summed E-state index contributed by atoms with van der Waals surface area (Å²) < 4.78 is 0. The Morgan fingerprint density at radius 1 is 1.09 bits per heavy atom. The molecule has 2 aliphatic heterocycles. The topological polar surface area (TPSA) is 68.1 Å². The number of anilines is 1. The summed E-state index contributed by atoms with van der Waals surface area (Å²) >= 11 is 0. The summed E-state index contributed by atoms with van der Waals surface area (Å²) in [6.07, 6.45) is 6.55. The first-order valence-corrected chi connectivity index (χ1v) is 11.3. The van der Waals surface area contributed by atoms with Gasteiger partial charge in [-0.2, -0.15) is 0 Å². The van der Waals surface area contributed by atoms with E-state index in [1.54, 1.807) is 26.2 Å². The van der Waals surface area contributed by atoms with E-state index < -0.39 is 5.60 Å². The average molecular weight is 435 g/mol. The Morgan fingerprint density at radius 3 is 2.47 bits per heavy atom. The number of benzene rings is 1. The number of aliphatic hydroxyl groups is 1. The highest BCUT2D eigenvalue weighted by atomic mass is 16.3. The summed E-state index contributed by atoms with van der Waals surface area (Å²) in [6.45, 7) is 10.5. The van der Waals surface area contributed by atoms with Crippen molar-refractivity contribution >= 4 is 12.0 Å². The summed E-state index contributed by atoms with van der Waals surface area (Å²) in [5.74, 6) is 0.858. The fourth-order valence-electron chi connectivity index (χ4n) is 4.41. The van der Waals surface area contributed by atoms with Crippen molar-refractivity contribution in [2.24, 2.45) is 4.99 Å². The van der Waals surface area contributed by atoms with Crippen LogP contribution in [-0.2, 0) is 12.0 Å². The Hall–Kier alpha value is -2.77. The van der Waals surface area contributed by atoms with Crippen molar-refractivity contribution in [2.75, 3.05) is 31.6 Å². The molecule has 1 saturated heterocycles. The molecule has 1 aromatic carbocycles. The molecular formula is C25H34N6O. The highest BCUT2D eigenvalue weighted by Crippen LogP contribution is 2.26. The van der Waals surface area contributed by atoms with Crippen molar-refractivity contribution in [2.45, 2.75) is 51.9 Å². The largest absolute Gasteiger partial charge is 0.384 e. The van der Waals surface area contributed by atoms with Crippen molar-refractivity contribution < 1.29 is 5.11 Å². The molecule has 3 heterocycles. The highest BCUT2D eigenvalue weighted by Gasteiger charge is 2.32. The molecule has 0 amide bonds. The zero-order valence-corrected chi connectivity index (χ0v) is 19.7. The van der Waals surface area contributed by atoms with Gasteiger partial charge in [0.25, 0.3) is 0 Å². The molecule has 1 fully saturated rings. The average Bonchev–Trinajstić information content (AvgIpc) is 2.77. The van der Waals surface area contributed by atoms with Gasteiger partial charge >= 0.3 is 0 Å². The summed E-state index contributed by atoms with van der Waals surface area (Å²) in [4.78, 5) is 21.0. The van der Waals surface area contributed by atoms with Crippen molar-refractivity contribution in [3.8, 4) is 0 Å². The van der Waals surface area contributed by atoms with E-state index in [1.165, 1.54) is 11.3 Å². The molecule has 170 valence electrons. The number of nitrogens with zero attached hydrogens (tertiary/aromatic N) is 6. The minimum atomic E-state index is -0.981. The number of rotatable bonds is 5. The van der Waals surface area contributed by atoms with Crippen molar-refractivity contribution in [1.29, 1.82) is 0 Å². The Balaban J connectivity index is 1.41. The molecule has 4 rings (SSSR count). The van der Waals surface area contributed by atoms with Gasteiger partial charge in [-0.15, -0.1) is 0 Å². The van der Waals surface area contributed by atoms with Crippen LogP contribution in [0.3, 0.4) is 0 Å². The Morgan fingerprint density at radius 2 is 1.84 bits per heavy atom. The maximum absolute atomic E-state index is 10.1. The highest BCUT2D eigenvalue weighted by molar-refractivity contribution is 5.68. The third-order valence-electron chi connectivity index (χ3n) is 6.51. The number of allylic oxidation sites excluding steroid dienone is 2. The van der Waals surface area contributed by atoms with Gasteiger partial charge in [0.15, 0.2) is 0 Å². The number of hydrogen-bond donors (Lipinski definition) is 1. The molecule has 1 aromatic heterocycles. The number of aromatic nitrogens is 2. The minimum absolute atomic E-state index is 0.155. The van der Waals surface area contributed by atoms with Crippen LogP contribution in [0.4, 0.5) is 5.82 Å². The predicted molar refractivity (Wildman–Crippen MR) is 129 cm³/mol. The van der Waals surface area contributed by atoms with Gasteiger partial charge in [-0.25, -0.2) is 4.98 Å². The molecule has 0 spiro atoms. The second-order valence-electron chi connectivity index (χ2n) is 9.35. The lowest BCUT2D eigenvalue weighted by Gasteiger charge is -2.46. The van der Waals surface area contributed by atoms with E-state index in [4.69, 9.17) is 4.99 Å². The zero-order valence-electron chi connectivity index (χ0n) is 19.7. The molecule has 1 unspecified atom stereocenters. The number of aliphatic imine (C=N–C) groups is 1. The first kappa shape index (κ1) is 22.4. The van der Waals surface area contributed by atoms with Gasteiger partial charge in [0.2, 0.25) is 0 Å². The smallest absolute Gasteiger partial charge is 0.147 e. The van der Waals surface area contributed by atoms with Gasteiger partial charge in [-0.1, -0.05) is 30.3 Å². The van der Waals surface area contributed by atoms with Crippen molar-refractivity contribution in [3.63, 3.8) is 0 Å². The maximum atomic E-state index is 10.1. The van der Waals surface area contributed by atoms with Gasteiger partial charge in [-0.3, -0.25) is 14.9 Å². The molecule has 7 nitrogen and oxygen atoms in total. The zero-order chi connectivity index (χ0) is 22.9.